The Bertz CT molecular complexity index is 1490. The second kappa shape index (κ2) is 9.15. The third-order valence-electron chi connectivity index (χ3n) is 5.33. The molecule has 0 saturated carbocycles. The quantitative estimate of drug-likeness (QED) is 0.286. The van der Waals surface area contributed by atoms with Gasteiger partial charge < -0.3 is 30.1 Å². The van der Waals surface area contributed by atoms with Gasteiger partial charge in [0.15, 0.2) is 5.43 Å². The molecule has 0 atom stereocenters. The molecule has 0 aliphatic carbocycles. The molecule has 5 rings (SSSR count). The Kier molecular flexibility index (Phi) is 5.73. The third-order valence-corrected chi connectivity index (χ3v) is 5.33. The van der Waals surface area contributed by atoms with Crippen molar-refractivity contribution in [1.29, 1.82) is 0 Å². The summed E-state index contributed by atoms with van der Waals surface area (Å²) in [6.07, 6.45) is 0. The normalized spacial score (nSPS) is 10.8. The number of hydrogen-bond acceptors (Lipinski definition) is 7. The fourth-order valence-electron chi connectivity index (χ4n) is 3.58. The van der Waals surface area contributed by atoms with Crippen molar-refractivity contribution >= 4 is 22.3 Å². The van der Waals surface area contributed by atoms with Crippen LogP contribution in [0.15, 0.2) is 100 Å². The molecule has 0 amide bonds. The molecule has 1 heterocycles. The molecule has 174 valence electrons. The van der Waals surface area contributed by atoms with Gasteiger partial charge in [-0.3, -0.25) is 4.79 Å². The first-order valence-corrected chi connectivity index (χ1v) is 10.8. The van der Waals surface area contributed by atoms with Crippen LogP contribution in [0.25, 0.3) is 22.3 Å². The highest BCUT2D eigenvalue weighted by Crippen LogP contribution is 2.35. The molecule has 0 bridgehead atoms. The zero-order valence-electron chi connectivity index (χ0n) is 18.9. The Morgan fingerprint density at radius 2 is 1.17 bits per heavy atom. The number of hydrogen-bond donors (Lipinski definition) is 2. The van der Waals surface area contributed by atoms with Crippen LogP contribution in [0.5, 0.6) is 28.7 Å². The lowest BCUT2D eigenvalue weighted by molar-refractivity contribution is 0.415. The molecule has 0 fully saturated rings. The highest BCUT2D eigenvalue weighted by molar-refractivity contribution is 5.80. The first-order valence-electron chi connectivity index (χ1n) is 10.8. The Morgan fingerprint density at radius 3 is 1.71 bits per heavy atom. The minimum absolute atomic E-state index is 0.189. The number of anilines is 2. The van der Waals surface area contributed by atoms with E-state index in [0.717, 1.165) is 0 Å². The van der Waals surface area contributed by atoms with E-state index >= 15 is 0 Å². The van der Waals surface area contributed by atoms with Crippen LogP contribution < -0.4 is 31.1 Å². The summed E-state index contributed by atoms with van der Waals surface area (Å²) in [5.74, 6) is 3.14. The summed E-state index contributed by atoms with van der Waals surface area (Å²) in [6, 6.07) is 25.9. The van der Waals surface area contributed by atoms with Gasteiger partial charge in [-0.25, -0.2) is 0 Å². The van der Waals surface area contributed by atoms with E-state index in [9.17, 15) is 4.79 Å². The monoisotopic (exact) mass is 466 g/mol. The van der Waals surface area contributed by atoms with Gasteiger partial charge in [0.25, 0.3) is 0 Å². The van der Waals surface area contributed by atoms with Gasteiger partial charge >= 0.3 is 0 Å². The van der Waals surface area contributed by atoms with Crippen LogP contribution in [0.1, 0.15) is 0 Å². The van der Waals surface area contributed by atoms with Gasteiger partial charge in [0.1, 0.15) is 40.1 Å². The molecule has 4 N–H and O–H groups in total. The van der Waals surface area contributed by atoms with Crippen molar-refractivity contribution in [2.24, 2.45) is 0 Å². The Morgan fingerprint density at radius 1 is 0.629 bits per heavy atom. The van der Waals surface area contributed by atoms with E-state index < -0.39 is 0 Å². The van der Waals surface area contributed by atoms with E-state index in [1.807, 2.05) is 0 Å². The van der Waals surface area contributed by atoms with Crippen LogP contribution >= 0.6 is 0 Å². The van der Waals surface area contributed by atoms with Crippen LogP contribution in [0.3, 0.4) is 0 Å². The molecule has 0 aliphatic rings. The molecule has 35 heavy (non-hydrogen) atoms. The topological polar surface area (TPSA) is 110 Å². The van der Waals surface area contributed by atoms with Gasteiger partial charge in [0, 0.05) is 29.1 Å². The lowest BCUT2D eigenvalue weighted by Gasteiger charge is -2.13. The molecular weight excluding hydrogens is 444 g/mol. The molecule has 7 heteroatoms. The SMILES string of the molecule is COc1ccc2oc(-c3cc(Oc4ccc(N)cc4)cc(Oc4ccc(N)cc4)c3)cc(=O)c2c1. The van der Waals surface area contributed by atoms with Gasteiger partial charge in [0.2, 0.25) is 0 Å². The average Bonchev–Trinajstić information content (AvgIpc) is 2.86. The fraction of sp³-hybridized carbons (Fsp3) is 0.0357. The molecule has 0 spiro atoms. The molecule has 4 aromatic carbocycles. The number of nitrogens with two attached hydrogens (primary N) is 2. The summed E-state index contributed by atoms with van der Waals surface area (Å²) in [6.45, 7) is 0. The maximum absolute atomic E-state index is 12.9. The standard InChI is InChI=1S/C28H22N2O5/c1-32-22-10-11-27-25(15-22)26(31)16-28(35-27)17-12-23(33-20-6-2-18(29)3-7-20)14-24(13-17)34-21-8-4-19(30)5-9-21/h2-16H,29-30H2,1H3. The lowest BCUT2D eigenvalue weighted by Crippen LogP contribution is -2.01. The zero-order chi connectivity index (χ0) is 24.4. The third kappa shape index (κ3) is 4.89. The van der Waals surface area contributed by atoms with Crippen molar-refractivity contribution in [1.82, 2.24) is 0 Å². The summed E-state index contributed by atoms with van der Waals surface area (Å²) in [5, 5.41) is 0.431. The van der Waals surface area contributed by atoms with Crippen LogP contribution in [-0.2, 0) is 0 Å². The van der Waals surface area contributed by atoms with Gasteiger partial charge in [-0.1, -0.05) is 0 Å². The highest BCUT2D eigenvalue weighted by Gasteiger charge is 2.13. The second-order valence-corrected chi connectivity index (χ2v) is 7.87. The van der Waals surface area contributed by atoms with Gasteiger partial charge in [0.05, 0.1) is 12.5 Å². The van der Waals surface area contributed by atoms with Crippen molar-refractivity contribution in [3.05, 3.63) is 101 Å². The number of benzene rings is 4. The minimum atomic E-state index is -0.189. The summed E-state index contributed by atoms with van der Waals surface area (Å²) in [5.41, 5.74) is 13.7. The molecule has 0 radical (unpaired) electrons. The molecule has 0 unspecified atom stereocenters. The fourth-order valence-corrected chi connectivity index (χ4v) is 3.58. The van der Waals surface area contributed by atoms with Crippen molar-refractivity contribution < 1.29 is 18.6 Å². The largest absolute Gasteiger partial charge is 0.497 e. The summed E-state index contributed by atoms with van der Waals surface area (Å²) in [7, 11) is 1.55. The van der Waals surface area contributed by atoms with Crippen LogP contribution in [0, 0.1) is 0 Å². The first kappa shape index (κ1) is 21.9. The van der Waals surface area contributed by atoms with E-state index in [2.05, 4.69) is 0 Å². The maximum Gasteiger partial charge on any atom is 0.193 e. The van der Waals surface area contributed by atoms with Gasteiger partial charge in [-0.15, -0.1) is 0 Å². The summed E-state index contributed by atoms with van der Waals surface area (Å²) >= 11 is 0. The number of nitrogen functional groups attached to an aromatic ring is 2. The van der Waals surface area contributed by atoms with Crippen LogP contribution in [0.2, 0.25) is 0 Å². The Hall–Kier alpha value is -4.91. The van der Waals surface area contributed by atoms with Crippen molar-refractivity contribution in [3.63, 3.8) is 0 Å². The smallest absolute Gasteiger partial charge is 0.193 e. The average molecular weight is 466 g/mol. The number of ether oxygens (including phenoxy) is 3. The molecule has 1 aromatic heterocycles. The maximum atomic E-state index is 12.9. The van der Waals surface area contributed by atoms with E-state index in [4.69, 9.17) is 30.1 Å². The van der Waals surface area contributed by atoms with Gasteiger partial charge in [-0.05, 0) is 78.9 Å². The van der Waals surface area contributed by atoms with Gasteiger partial charge in [-0.2, -0.15) is 0 Å². The van der Waals surface area contributed by atoms with Crippen molar-refractivity contribution in [3.8, 4) is 40.1 Å². The van der Waals surface area contributed by atoms with E-state index in [-0.39, 0.29) is 5.43 Å². The number of rotatable bonds is 6. The predicted octanol–water partition coefficient (Wildman–Crippen LogP) is 6.22. The van der Waals surface area contributed by atoms with Crippen LogP contribution in [-0.4, -0.2) is 7.11 Å². The zero-order valence-corrected chi connectivity index (χ0v) is 18.9. The van der Waals surface area contributed by atoms with E-state index in [1.54, 1.807) is 92.0 Å². The molecule has 0 aliphatic heterocycles. The molecule has 0 saturated heterocycles. The van der Waals surface area contributed by atoms with E-state index in [0.29, 0.717) is 62.4 Å². The van der Waals surface area contributed by atoms with Crippen molar-refractivity contribution in [2.45, 2.75) is 0 Å². The molecular formula is C28H22N2O5. The van der Waals surface area contributed by atoms with E-state index in [1.165, 1.54) is 6.07 Å². The Balaban J connectivity index is 1.58. The first-order chi connectivity index (χ1) is 17.0. The number of fused-ring (bicyclic) bond motifs is 1. The second-order valence-electron chi connectivity index (χ2n) is 7.87. The summed E-state index contributed by atoms with van der Waals surface area (Å²) < 4.78 is 23.4. The Labute approximate surface area is 201 Å². The lowest BCUT2D eigenvalue weighted by atomic mass is 10.1. The molecule has 7 nitrogen and oxygen atoms in total. The van der Waals surface area contributed by atoms with Crippen LogP contribution in [0.4, 0.5) is 11.4 Å². The molecule has 5 aromatic rings. The minimum Gasteiger partial charge on any atom is -0.497 e. The highest BCUT2D eigenvalue weighted by atomic mass is 16.5. The predicted molar refractivity (Wildman–Crippen MR) is 136 cm³/mol. The summed E-state index contributed by atoms with van der Waals surface area (Å²) in [4.78, 5) is 12.9. The number of methoxy groups -OCH3 is 1. The van der Waals surface area contributed by atoms with Crippen molar-refractivity contribution in [2.75, 3.05) is 18.6 Å².